The van der Waals surface area contributed by atoms with E-state index in [1.54, 1.807) is 49.6 Å². The van der Waals surface area contributed by atoms with E-state index in [-0.39, 0.29) is 11.7 Å². The first-order valence-corrected chi connectivity index (χ1v) is 9.04. The molecule has 0 saturated carbocycles. The van der Waals surface area contributed by atoms with Gasteiger partial charge in [-0.15, -0.1) is 0 Å². The van der Waals surface area contributed by atoms with Crippen molar-refractivity contribution in [1.82, 2.24) is 4.98 Å². The molecule has 0 spiro atoms. The van der Waals surface area contributed by atoms with E-state index in [1.807, 2.05) is 36.4 Å². The number of ether oxygens (including phenoxy) is 1. The number of aromatic nitrogens is 1. The fraction of sp³-hybridized carbons (Fsp3) is 0.0435. The molecule has 28 heavy (non-hydrogen) atoms. The number of para-hydroxylation sites is 2. The molecule has 0 aliphatic heterocycles. The Labute approximate surface area is 167 Å². The highest BCUT2D eigenvalue weighted by Gasteiger charge is 2.20. The number of carbonyl (C=O) groups excluding carboxylic acids is 1. The van der Waals surface area contributed by atoms with Gasteiger partial charge >= 0.3 is 0 Å². The lowest BCUT2D eigenvalue weighted by molar-refractivity contribution is 0.105. The van der Waals surface area contributed by atoms with Gasteiger partial charge in [-0.1, -0.05) is 35.9 Å². The monoisotopic (exact) mass is 389 g/mol. The summed E-state index contributed by atoms with van der Waals surface area (Å²) in [5.74, 6) is 0.745. The summed E-state index contributed by atoms with van der Waals surface area (Å²) in [6.07, 6.45) is 1.74. The van der Waals surface area contributed by atoms with Crippen LogP contribution in [0.5, 0.6) is 5.75 Å². The molecule has 0 bridgehead atoms. The molecule has 138 valence electrons. The number of halogens is 1. The van der Waals surface area contributed by atoms with Gasteiger partial charge < -0.3 is 9.15 Å². The third kappa shape index (κ3) is 3.68. The van der Waals surface area contributed by atoms with Gasteiger partial charge in [-0.25, -0.2) is 4.98 Å². The molecule has 0 aliphatic carbocycles. The molecule has 0 aliphatic rings. The summed E-state index contributed by atoms with van der Waals surface area (Å²) in [4.78, 5) is 17.8. The Balaban J connectivity index is 1.83. The maximum absolute atomic E-state index is 13.3. The number of nitrogens with zero attached hydrogens (tertiary/aromatic N) is 1. The molecule has 1 aromatic heterocycles. The number of oxazole rings is 1. The Morgan fingerprint density at radius 2 is 1.82 bits per heavy atom. The van der Waals surface area contributed by atoms with Crippen molar-refractivity contribution in [3.05, 3.63) is 94.8 Å². The average molecular weight is 390 g/mol. The van der Waals surface area contributed by atoms with Gasteiger partial charge in [-0.3, -0.25) is 4.79 Å². The van der Waals surface area contributed by atoms with Crippen LogP contribution < -0.4 is 4.74 Å². The standard InChI is InChI=1S/C23H16ClNO3/c1-27-18-11-9-16(10-12-18)22(26)19(14-15-5-4-6-17(24)13-15)23-25-20-7-2-3-8-21(20)28-23/h2-14H,1H3/b19-14+. The minimum atomic E-state index is -0.200. The van der Waals surface area contributed by atoms with Crippen molar-refractivity contribution in [2.45, 2.75) is 0 Å². The summed E-state index contributed by atoms with van der Waals surface area (Å²) in [7, 11) is 1.58. The second-order valence-electron chi connectivity index (χ2n) is 6.16. The number of Topliss-reactive ketones (excluding diaryl/α,β-unsaturated/α-hetero) is 1. The van der Waals surface area contributed by atoms with Crippen LogP contribution >= 0.6 is 11.6 Å². The van der Waals surface area contributed by atoms with E-state index in [0.29, 0.717) is 33.0 Å². The number of methoxy groups -OCH3 is 1. The molecule has 0 N–H and O–H groups in total. The normalized spacial score (nSPS) is 11.6. The molecule has 4 nitrogen and oxygen atoms in total. The zero-order valence-corrected chi connectivity index (χ0v) is 15.8. The number of benzene rings is 3. The van der Waals surface area contributed by atoms with Gasteiger partial charge in [-0.05, 0) is 60.2 Å². The van der Waals surface area contributed by atoms with E-state index < -0.39 is 0 Å². The Morgan fingerprint density at radius 1 is 1.04 bits per heavy atom. The highest BCUT2D eigenvalue weighted by Crippen LogP contribution is 2.27. The average Bonchev–Trinajstić information content (AvgIpc) is 3.15. The lowest BCUT2D eigenvalue weighted by Crippen LogP contribution is -2.03. The van der Waals surface area contributed by atoms with Crippen molar-refractivity contribution in [3.63, 3.8) is 0 Å². The maximum Gasteiger partial charge on any atom is 0.231 e. The van der Waals surface area contributed by atoms with Crippen LogP contribution in [-0.2, 0) is 0 Å². The van der Waals surface area contributed by atoms with Crippen LogP contribution in [-0.4, -0.2) is 17.9 Å². The van der Waals surface area contributed by atoms with Gasteiger partial charge in [0, 0.05) is 10.6 Å². The van der Waals surface area contributed by atoms with Gasteiger partial charge in [0.15, 0.2) is 11.4 Å². The first-order chi connectivity index (χ1) is 13.6. The molecule has 0 fully saturated rings. The second kappa shape index (κ2) is 7.71. The first-order valence-electron chi connectivity index (χ1n) is 8.66. The number of fused-ring (bicyclic) bond motifs is 1. The molecular formula is C23H16ClNO3. The Hall–Kier alpha value is -3.37. The van der Waals surface area contributed by atoms with Crippen LogP contribution in [0.15, 0.2) is 77.2 Å². The van der Waals surface area contributed by atoms with E-state index in [0.717, 1.165) is 5.56 Å². The van der Waals surface area contributed by atoms with Crippen molar-refractivity contribution in [2.75, 3.05) is 7.11 Å². The van der Waals surface area contributed by atoms with Gasteiger partial charge in [0.1, 0.15) is 11.3 Å². The van der Waals surface area contributed by atoms with Crippen LogP contribution in [0.1, 0.15) is 21.8 Å². The Bertz CT molecular complexity index is 1140. The fourth-order valence-corrected chi connectivity index (χ4v) is 3.07. The van der Waals surface area contributed by atoms with Crippen LogP contribution in [0.25, 0.3) is 22.7 Å². The van der Waals surface area contributed by atoms with Crippen molar-refractivity contribution in [1.29, 1.82) is 0 Å². The Morgan fingerprint density at radius 3 is 2.54 bits per heavy atom. The van der Waals surface area contributed by atoms with Crippen molar-refractivity contribution < 1.29 is 13.9 Å². The van der Waals surface area contributed by atoms with Crippen LogP contribution in [0.2, 0.25) is 5.02 Å². The van der Waals surface area contributed by atoms with E-state index in [2.05, 4.69) is 4.98 Å². The molecule has 0 amide bonds. The number of rotatable bonds is 5. The van der Waals surface area contributed by atoms with Gasteiger partial charge in [0.2, 0.25) is 5.89 Å². The van der Waals surface area contributed by atoms with E-state index in [9.17, 15) is 4.79 Å². The Kier molecular flexibility index (Phi) is 4.96. The van der Waals surface area contributed by atoms with Crippen molar-refractivity contribution >= 4 is 40.1 Å². The van der Waals surface area contributed by atoms with E-state index in [4.69, 9.17) is 20.8 Å². The predicted octanol–water partition coefficient (Wildman–Crippen LogP) is 5.91. The highest BCUT2D eigenvalue weighted by atomic mass is 35.5. The molecular weight excluding hydrogens is 374 g/mol. The smallest absolute Gasteiger partial charge is 0.231 e. The molecule has 0 atom stereocenters. The SMILES string of the molecule is COc1ccc(C(=O)/C(=C\c2cccc(Cl)c2)c2nc3ccccc3o2)cc1. The van der Waals surface area contributed by atoms with E-state index in [1.165, 1.54) is 0 Å². The summed E-state index contributed by atoms with van der Waals surface area (Å²) >= 11 is 6.10. The minimum absolute atomic E-state index is 0.200. The maximum atomic E-state index is 13.3. The molecule has 0 saturated heterocycles. The van der Waals surface area contributed by atoms with Crippen molar-refractivity contribution in [3.8, 4) is 5.75 Å². The zero-order valence-electron chi connectivity index (χ0n) is 15.1. The lowest BCUT2D eigenvalue weighted by atomic mass is 10.0. The van der Waals surface area contributed by atoms with Gasteiger partial charge in [-0.2, -0.15) is 0 Å². The lowest BCUT2D eigenvalue weighted by Gasteiger charge is -2.05. The van der Waals surface area contributed by atoms with Gasteiger partial charge in [0.25, 0.3) is 0 Å². The molecule has 1 heterocycles. The third-order valence-electron chi connectivity index (χ3n) is 4.28. The van der Waals surface area contributed by atoms with Crippen LogP contribution in [0.3, 0.4) is 0 Å². The summed E-state index contributed by atoms with van der Waals surface area (Å²) in [5.41, 5.74) is 2.96. The van der Waals surface area contributed by atoms with Crippen molar-refractivity contribution in [2.24, 2.45) is 0 Å². The van der Waals surface area contributed by atoms with Crippen LogP contribution in [0.4, 0.5) is 0 Å². The van der Waals surface area contributed by atoms with Gasteiger partial charge in [0.05, 0.1) is 12.7 Å². The van der Waals surface area contributed by atoms with E-state index >= 15 is 0 Å². The number of hydrogen-bond acceptors (Lipinski definition) is 4. The zero-order chi connectivity index (χ0) is 19.5. The summed E-state index contributed by atoms with van der Waals surface area (Å²) in [5, 5.41) is 0.586. The molecule has 4 aromatic rings. The second-order valence-corrected chi connectivity index (χ2v) is 6.59. The number of hydrogen-bond donors (Lipinski definition) is 0. The minimum Gasteiger partial charge on any atom is -0.497 e. The fourth-order valence-electron chi connectivity index (χ4n) is 2.87. The summed E-state index contributed by atoms with van der Waals surface area (Å²) in [6, 6.07) is 21.6. The molecule has 0 unspecified atom stereocenters. The molecule has 0 radical (unpaired) electrons. The number of carbonyl (C=O) groups is 1. The largest absolute Gasteiger partial charge is 0.497 e. The quantitative estimate of drug-likeness (QED) is 0.314. The number of allylic oxidation sites excluding steroid dienone is 1. The highest BCUT2D eigenvalue weighted by molar-refractivity contribution is 6.32. The van der Waals surface area contributed by atoms with Crippen LogP contribution in [0, 0.1) is 0 Å². The summed E-state index contributed by atoms with van der Waals surface area (Å²) in [6.45, 7) is 0. The summed E-state index contributed by atoms with van der Waals surface area (Å²) < 4.78 is 11.0. The third-order valence-corrected chi connectivity index (χ3v) is 4.52. The molecule has 4 rings (SSSR count). The first kappa shape index (κ1) is 18.0. The molecule has 5 heteroatoms. The molecule has 3 aromatic carbocycles. The number of ketones is 1. The topological polar surface area (TPSA) is 52.3 Å². The predicted molar refractivity (Wildman–Crippen MR) is 111 cm³/mol.